The SMILES string of the molecule is O=C(O)CC(NC1CC(c2ccccc2)C1)c1cccs1. The van der Waals surface area contributed by atoms with Gasteiger partial charge in [0.2, 0.25) is 0 Å². The number of rotatable bonds is 6. The molecule has 1 aliphatic rings. The van der Waals surface area contributed by atoms with Crippen LogP contribution in [-0.2, 0) is 4.79 Å². The summed E-state index contributed by atoms with van der Waals surface area (Å²) in [6, 6.07) is 14.9. The third-order valence-electron chi connectivity index (χ3n) is 4.11. The van der Waals surface area contributed by atoms with E-state index in [9.17, 15) is 4.79 Å². The van der Waals surface area contributed by atoms with Crippen LogP contribution in [0.4, 0.5) is 0 Å². The first-order valence-electron chi connectivity index (χ1n) is 7.28. The first-order chi connectivity index (χ1) is 10.2. The topological polar surface area (TPSA) is 49.3 Å². The molecule has 0 saturated heterocycles. The molecule has 1 aliphatic carbocycles. The number of thiophene rings is 1. The second kappa shape index (κ2) is 6.41. The first-order valence-corrected chi connectivity index (χ1v) is 8.16. The molecule has 1 heterocycles. The van der Waals surface area contributed by atoms with E-state index in [2.05, 4.69) is 29.6 Å². The van der Waals surface area contributed by atoms with Crippen molar-refractivity contribution in [2.75, 3.05) is 0 Å². The van der Waals surface area contributed by atoms with Gasteiger partial charge in [0.25, 0.3) is 0 Å². The van der Waals surface area contributed by atoms with Crippen molar-refractivity contribution in [2.45, 2.75) is 37.3 Å². The van der Waals surface area contributed by atoms with Crippen LogP contribution in [0, 0.1) is 0 Å². The Hall–Kier alpha value is -1.65. The molecule has 2 aromatic rings. The van der Waals surface area contributed by atoms with Crippen molar-refractivity contribution in [2.24, 2.45) is 0 Å². The average molecular weight is 301 g/mol. The smallest absolute Gasteiger partial charge is 0.305 e. The fourth-order valence-electron chi connectivity index (χ4n) is 2.94. The lowest BCUT2D eigenvalue weighted by Gasteiger charge is -2.38. The summed E-state index contributed by atoms with van der Waals surface area (Å²) >= 11 is 1.62. The Kier molecular flexibility index (Phi) is 4.36. The maximum Gasteiger partial charge on any atom is 0.305 e. The monoisotopic (exact) mass is 301 g/mol. The third-order valence-corrected chi connectivity index (χ3v) is 5.10. The van der Waals surface area contributed by atoms with E-state index in [1.54, 1.807) is 11.3 Å². The van der Waals surface area contributed by atoms with Gasteiger partial charge < -0.3 is 10.4 Å². The van der Waals surface area contributed by atoms with Crippen LogP contribution in [0.5, 0.6) is 0 Å². The molecule has 4 heteroatoms. The van der Waals surface area contributed by atoms with Gasteiger partial charge in [-0.05, 0) is 35.8 Å². The molecular formula is C17H19NO2S. The molecule has 21 heavy (non-hydrogen) atoms. The second-order valence-electron chi connectivity index (χ2n) is 5.61. The van der Waals surface area contributed by atoms with Gasteiger partial charge in [-0.3, -0.25) is 4.79 Å². The highest BCUT2D eigenvalue weighted by Gasteiger charge is 2.32. The highest BCUT2D eigenvalue weighted by Crippen LogP contribution is 2.38. The Morgan fingerprint density at radius 3 is 2.62 bits per heavy atom. The predicted octanol–water partition coefficient (Wildman–Crippen LogP) is 3.80. The molecule has 0 aliphatic heterocycles. The van der Waals surface area contributed by atoms with Crippen molar-refractivity contribution >= 4 is 17.3 Å². The number of hydrogen-bond acceptors (Lipinski definition) is 3. The lowest BCUT2D eigenvalue weighted by atomic mass is 9.75. The summed E-state index contributed by atoms with van der Waals surface area (Å²) in [6.45, 7) is 0. The fourth-order valence-corrected chi connectivity index (χ4v) is 3.73. The average Bonchev–Trinajstić information content (AvgIpc) is 2.95. The number of carboxylic acids is 1. The van der Waals surface area contributed by atoms with Crippen LogP contribution in [0.3, 0.4) is 0 Å². The Labute approximate surface area is 128 Å². The Morgan fingerprint density at radius 2 is 2.00 bits per heavy atom. The molecule has 0 amide bonds. The zero-order valence-electron chi connectivity index (χ0n) is 11.7. The van der Waals surface area contributed by atoms with Crippen molar-refractivity contribution in [3.63, 3.8) is 0 Å². The third kappa shape index (κ3) is 3.52. The normalized spacial score (nSPS) is 22.5. The second-order valence-corrected chi connectivity index (χ2v) is 6.59. The van der Waals surface area contributed by atoms with Crippen molar-refractivity contribution in [1.29, 1.82) is 0 Å². The lowest BCUT2D eigenvalue weighted by Crippen LogP contribution is -2.42. The fraction of sp³-hybridized carbons (Fsp3) is 0.353. The summed E-state index contributed by atoms with van der Waals surface area (Å²) in [7, 11) is 0. The van der Waals surface area contributed by atoms with E-state index in [1.807, 2.05) is 23.6 Å². The molecule has 2 N–H and O–H groups in total. The summed E-state index contributed by atoms with van der Waals surface area (Å²) in [5.74, 6) is -0.141. The van der Waals surface area contributed by atoms with E-state index in [0.29, 0.717) is 12.0 Å². The van der Waals surface area contributed by atoms with Crippen molar-refractivity contribution in [3.8, 4) is 0 Å². The number of benzene rings is 1. The molecule has 0 spiro atoms. The highest BCUT2D eigenvalue weighted by molar-refractivity contribution is 7.10. The molecule has 1 aromatic carbocycles. The van der Waals surface area contributed by atoms with Crippen LogP contribution in [0.1, 0.15) is 41.7 Å². The van der Waals surface area contributed by atoms with Crippen LogP contribution in [-0.4, -0.2) is 17.1 Å². The van der Waals surface area contributed by atoms with Gasteiger partial charge >= 0.3 is 5.97 Å². The molecule has 3 rings (SSSR count). The number of aliphatic carboxylic acids is 1. The summed E-state index contributed by atoms with van der Waals surface area (Å²) in [6.07, 6.45) is 2.32. The van der Waals surface area contributed by atoms with Crippen molar-refractivity contribution in [3.05, 3.63) is 58.3 Å². The molecule has 0 bridgehead atoms. The summed E-state index contributed by atoms with van der Waals surface area (Å²) < 4.78 is 0. The summed E-state index contributed by atoms with van der Waals surface area (Å²) in [5, 5.41) is 14.6. The van der Waals surface area contributed by atoms with E-state index in [0.717, 1.165) is 17.7 Å². The minimum Gasteiger partial charge on any atom is -0.481 e. The quantitative estimate of drug-likeness (QED) is 0.853. The predicted molar refractivity (Wildman–Crippen MR) is 84.7 cm³/mol. The van der Waals surface area contributed by atoms with Crippen LogP contribution >= 0.6 is 11.3 Å². The maximum absolute atomic E-state index is 11.0. The molecule has 110 valence electrons. The van der Waals surface area contributed by atoms with Gasteiger partial charge in [-0.1, -0.05) is 36.4 Å². The number of nitrogens with one attached hydrogen (secondary N) is 1. The van der Waals surface area contributed by atoms with Crippen LogP contribution < -0.4 is 5.32 Å². The number of carbonyl (C=O) groups is 1. The molecule has 3 nitrogen and oxygen atoms in total. The van der Waals surface area contributed by atoms with Crippen molar-refractivity contribution in [1.82, 2.24) is 5.32 Å². The van der Waals surface area contributed by atoms with Gasteiger partial charge in [0.05, 0.1) is 12.5 Å². The minimum absolute atomic E-state index is 0.0655. The van der Waals surface area contributed by atoms with Gasteiger partial charge in [-0.25, -0.2) is 0 Å². The highest BCUT2D eigenvalue weighted by atomic mass is 32.1. The Bertz CT molecular complexity index is 576. The largest absolute Gasteiger partial charge is 0.481 e. The van der Waals surface area contributed by atoms with E-state index in [-0.39, 0.29) is 12.5 Å². The molecule has 1 unspecified atom stereocenters. The van der Waals surface area contributed by atoms with Crippen LogP contribution in [0.2, 0.25) is 0 Å². The molecule has 1 aromatic heterocycles. The zero-order chi connectivity index (χ0) is 14.7. The minimum atomic E-state index is -0.750. The molecule has 1 fully saturated rings. The number of carboxylic acid groups (broad SMARTS) is 1. The van der Waals surface area contributed by atoms with Crippen LogP contribution in [0.15, 0.2) is 47.8 Å². The molecular weight excluding hydrogens is 282 g/mol. The van der Waals surface area contributed by atoms with Crippen molar-refractivity contribution < 1.29 is 9.90 Å². The van der Waals surface area contributed by atoms with E-state index >= 15 is 0 Å². The summed E-state index contributed by atoms with van der Waals surface area (Å²) in [4.78, 5) is 12.2. The lowest BCUT2D eigenvalue weighted by molar-refractivity contribution is -0.137. The van der Waals surface area contributed by atoms with E-state index in [1.165, 1.54) is 5.56 Å². The maximum atomic E-state index is 11.0. The van der Waals surface area contributed by atoms with Gasteiger partial charge in [0.1, 0.15) is 0 Å². The van der Waals surface area contributed by atoms with Gasteiger partial charge in [0, 0.05) is 10.9 Å². The number of hydrogen-bond donors (Lipinski definition) is 2. The Balaban J connectivity index is 1.57. The molecule has 1 atom stereocenters. The standard InChI is InChI=1S/C17H19NO2S/c19-17(20)11-15(16-7-4-8-21-16)18-14-9-13(10-14)12-5-2-1-3-6-12/h1-8,13-15,18H,9-11H2,(H,19,20). The van der Waals surface area contributed by atoms with Gasteiger partial charge in [0.15, 0.2) is 0 Å². The van der Waals surface area contributed by atoms with E-state index < -0.39 is 5.97 Å². The zero-order valence-corrected chi connectivity index (χ0v) is 12.6. The van der Waals surface area contributed by atoms with Crippen LogP contribution in [0.25, 0.3) is 0 Å². The van der Waals surface area contributed by atoms with E-state index in [4.69, 9.17) is 5.11 Å². The molecule has 1 saturated carbocycles. The molecule has 0 radical (unpaired) electrons. The summed E-state index contributed by atoms with van der Waals surface area (Å²) in [5.41, 5.74) is 1.39. The van der Waals surface area contributed by atoms with Gasteiger partial charge in [-0.2, -0.15) is 0 Å². The van der Waals surface area contributed by atoms with Gasteiger partial charge in [-0.15, -0.1) is 11.3 Å². The Morgan fingerprint density at radius 1 is 1.24 bits per heavy atom. The first kappa shape index (κ1) is 14.3.